The Hall–Kier alpha value is -0.910. The van der Waals surface area contributed by atoms with Crippen LogP contribution >= 0.6 is 11.6 Å². The number of nitrogens with zero attached hydrogens (tertiary/aromatic N) is 2. The molecule has 14 heavy (non-hydrogen) atoms. The van der Waals surface area contributed by atoms with Gasteiger partial charge in [0.1, 0.15) is 11.0 Å². The molecule has 2 unspecified atom stereocenters. The van der Waals surface area contributed by atoms with E-state index in [0.717, 1.165) is 0 Å². The first kappa shape index (κ1) is 11.2. The van der Waals surface area contributed by atoms with Gasteiger partial charge in [-0.3, -0.25) is 4.98 Å². The number of halogens is 1. The molecule has 6 heteroatoms. The molecule has 0 saturated carbocycles. The quantitative estimate of drug-likeness (QED) is 0.672. The summed E-state index contributed by atoms with van der Waals surface area (Å²) in [6.45, 7) is 2.06. The largest absolute Gasteiger partial charge is 0.392 e. The van der Waals surface area contributed by atoms with Crippen LogP contribution in [0.15, 0.2) is 12.4 Å². The standard InChI is InChI=1S/C8H13ClN4O/c1-5(14)6(10)2-12-8-4-11-3-7(9)13-8/h3-6,14H,2,10H2,1H3,(H,12,13). The Morgan fingerprint density at radius 2 is 2.36 bits per heavy atom. The zero-order valence-corrected chi connectivity index (χ0v) is 8.57. The number of nitrogens with one attached hydrogen (secondary N) is 1. The summed E-state index contributed by atoms with van der Waals surface area (Å²) in [7, 11) is 0. The molecule has 1 heterocycles. The van der Waals surface area contributed by atoms with Crippen molar-refractivity contribution in [2.24, 2.45) is 5.73 Å². The minimum absolute atomic E-state index is 0.320. The summed E-state index contributed by atoms with van der Waals surface area (Å²) in [5.74, 6) is 0.550. The lowest BCUT2D eigenvalue weighted by molar-refractivity contribution is 0.168. The normalized spacial score (nSPS) is 14.9. The SMILES string of the molecule is CC(O)C(N)CNc1cncc(Cl)n1. The molecule has 0 fully saturated rings. The zero-order chi connectivity index (χ0) is 10.6. The van der Waals surface area contributed by atoms with E-state index < -0.39 is 6.10 Å². The summed E-state index contributed by atoms with van der Waals surface area (Å²) in [5, 5.41) is 12.4. The maximum Gasteiger partial charge on any atom is 0.149 e. The maximum atomic E-state index is 9.13. The Balaban J connectivity index is 2.45. The van der Waals surface area contributed by atoms with Crippen LogP contribution in [0.1, 0.15) is 6.92 Å². The van der Waals surface area contributed by atoms with Gasteiger partial charge >= 0.3 is 0 Å². The number of anilines is 1. The maximum absolute atomic E-state index is 9.13. The minimum atomic E-state index is -0.561. The molecule has 0 saturated heterocycles. The molecule has 0 aliphatic heterocycles. The van der Waals surface area contributed by atoms with E-state index in [4.69, 9.17) is 22.4 Å². The molecule has 5 nitrogen and oxygen atoms in total. The third kappa shape index (κ3) is 3.45. The van der Waals surface area contributed by atoms with Gasteiger partial charge in [0.15, 0.2) is 0 Å². The summed E-state index contributed by atoms with van der Waals surface area (Å²) in [6.07, 6.45) is 2.43. The summed E-state index contributed by atoms with van der Waals surface area (Å²) >= 11 is 5.63. The lowest BCUT2D eigenvalue weighted by Gasteiger charge is -2.15. The predicted molar refractivity (Wildman–Crippen MR) is 55.2 cm³/mol. The van der Waals surface area contributed by atoms with Gasteiger partial charge in [-0.2, -0.15) is 0 Å². The van der Waals surface area contributed by atoms with Gasteiger partial charge in [0.05, 0.1) is 18.5 Å². The Bertz CT molecular complexity index is 294. The van der Waals surface area contributed by atoms with Crippen LogP contribution in [0.25, 0.3) is 0 Å². The second-order valence-corrected chi connectivity index (χ2v) is 3.40. The minimum Gasteiger partial charge on any atom is -0.392 e. The van der Waals surface area contributed by atoms with E-state index in [1.54, 1.807) is 13.1 Å². The van der Waals surface area contributed by atoms with Crippen LogP contribution in [0.4, 0.5) is 5.82 Å². The van der Waals surface area contributed by atoms with Crippen molar-refractivity contribution in [1.82, 2.24) is 9.97 Å². The molecule has 0 spiro atoms. The molecule has 78 valence electrons. The van der Waals surface area contributed by atoms with Crippen molar-refractivity contribution in [3.8, 4) is 0 Å². The van der Waals surface area contributed by atoms with Gasteiger partial charge in [-0.05, 0) is 6.92 Å². The van der Waals surface area contributed by atoms with E-state index in [1.807, 2.05) is 0 Å². The predicted octanol–water partition coefficient (Wildman–Crippen LogP) is 0.250. The van der Waals surface area contributed by atoms with Crippen LogP contribution in [0, 0.1) is 0 Å². The molecular weight excluding hydrogens is 204 g/mol. The summed E-state index contributed by atoms with van der Waals surface area (Å²) in [4.78, 5) is 7.81. The fourth-order valence-electron chi connectivity index (χ4n) is 0.820. The van der Waals surface area contributed by atoms with Crippen LogP contribution < -0.4 is 11.1 Å². The Morgan fingerprint density at radius 3 is 2.93 bits per heavy atom. The van der Waals surface area contributed by atoms with E-state index >= 15 is 0 Å². The van der Waals surface area contributed by atoms with Gasteiger partial charge in [-0.1, -0.05) is 11.6 Å². The van der Waals surface area contributed by atoms with Gasteiger partial charge in [0, 0.05) is 12.6 Å². The molecule has 0 radical (unpaired) electrons. The van der Waals surface area contributed by atoms with E-state index in [2.05, 4.69) is 15.3 Å². The van der Waals surface area contributed by atoms with E-state index in [1.165, 1.54) is 6.20 Å². The summed E-state index contributed by atoms with van der Waals surface area (Å²) in [6, 6.07) is -0.337. The lowest BCUT2D eigenvalue weighted by Crippen LogP contribution is -2.38. The van der Waals surface area contributed by atoms with Crippen molar-refractivity contribution < 1.29 is 5.11 Å². The van der Waals surface area contributed by atoms with Gasteiger partial charge in [0.25, 0.3) is 0 Å². The molecular formula is C8H13ClN4O. The lowest BCUT2D eigenvalue weighted by atomic mass is 10.2. The molecule has 0 amide bonds. The molecule has 1 rings (SSSR count). The van der Waals surface area contributed by atoms with Crippen molar-refractivity contribution in [1.29, 1.82) is 0 Å². The fourth-order valence-corrected chi connectivity index (χ4v) is 0.968. The first-order valence-corrected chi connectivity index (χ1v) is 4.62. The first-order chi connectivity index (χ1) is 6.59. The van der Waals surface area contributed by atoms with Crippen LogP contribution in [0.3, 0.4) is 0 Å². The fraction of sp³-hybridized carbons (Fsp3) is 0.500. The van der Waals surface area contributed by atoms with Crippen molar-refractivity contribution >= 4 is 17.4 Å². The number of rotatable bonds is 4. The van der Waals surface area contributed by atoms with Gasteiger partial charge in [-0.15, -0.1) is 0 Å². The van der Waals surface area contributed by atoms with Crippen molar-refractivity contribution in [3.63, 3.8) is 0 Å². The van der Waals surface area contributed by atoms with Gasteiger partial charge in [0.2, 0.25) is 0 Å². The van der Waals surface area contributed by atoms with Gasteiger partial charge < -0.3 is 16.2 Å². The number of hydrogen-bond donors (Lipinski definition) is 3. The molecule has 0 aliphatic carbocycles. The van der Waals surface area contributed by atoms with Crippen molar-refractivity contribution in [2.75, 3.05) is 11.9 Å². The number of aliphatic hydroxyl groups is 1. The van der Waals surface area contributed by atoms with E-state index in [0.29, 0.717) is 17.5 Å². The van der Waals surface area contributed by atoms with Crippen LogP contribution in [-0.4, -0.2) is 33.8 Å². The molecule has 1 aromatic heterocycles. The average Bonchev–Trinajstić information content (AvgIpc) is 2.14. The molecule has 0 aliphatic rings. The molecule has 1 aromatic rings. The smallest absolute Gasteiger partial charge is 0.149 e. The highest BCUT2D eigenvalue weighted by Gasteiger charge is 2.08. The molecule has 2 atom stereocenters. The number of aliphatic hydroxyl groups excluding tert-OH is 1. The molecule has 0 bridgehead atoms. The van der Waals surface area contributed by atoms with Crippen molar-refractivity contribution in [3.05, 3.63) is 17.5 Å². The second kappa shape index (κ2) is 5.09. The summed E-state index contributed by atoms with van der Waals surface area (Å²) in [5.41, 5.74) is 5.61. The molecule has 4 N–H and O–H groups in total. The zero-order valence-electron chi connectivity index (χ0n) is 7.81. The second-order valence-electron chi connectivity index (χ2n) is 3.01. The van der Waals surface area contributed by atoms with Crippen LogP contribution in [-0.2, 0) is 0 Å². The highest BCUT2D eigenvalue weighted by molar-refractivity contribution is 6.29. The van der Waals surface area contributed by atoms with E-state index in [9.17, 15) is 0 Å². The topological polar surface area (TPSA) is 84.1 Å². The number of aromatic nitrogens is 2. The third-order valence-electron chi connectivity index (χ3n) is 1.74. The Morgan fingerprint density at radius 1 is 1.64 bits per heavy atom. The Kier molecular flexibility index (Phi) is 4.06. The number of nitrogens with two attached hydrogens (primary N) is 1. The highest BCUT2D eigenvalue weighted by atomic mass is 35.5. The monoisotopic (exact) mass is 216 g/mol. The first-order valence-electron chi connectivity index (χ1n) is 4.24. The van der Waals surface area contributed by atoms with Crippen LogP contribution in [0.5, 0.6) is 0 Å². The summed E-state index contributed by atoms with van der Waals surface area (Å²) < 4.78 is 0. The Labute approximate surface area is 87.3 Å². The van der Waals surface area contributed by atoms with Gasteiger partial charge in [-0.25, -0.2) is 4.98 Å². The average molecular weight is 217 g/mol. The highest BCUT2D eigenvalue weighted by Crippen LogP contribution is 2.06. The number of hydrogen-bond acceptors (Lipinski definition) is 5. The van der Waals surface area contributed by atoms with Crippen LogP contribution in [0.2, 0.25) is 5.15 Å². The third-order valence-corrected chi connectivity index (χ3v) is 1.93. The van der Waals surface area contributed by atoms with E-state index in [-0.39, 0.29) is 6.04 Å². The van der Waals surface area contributed by atoms with Crippen molar-refractivity contribution in [2.45, 2.75) is 19.1 Å². The molecule has 0 aromatic carbocycles.